The van der Waals surface area contributed by atoms with Crippen LogP contribution in [0.4, 0.5) is 39.5 Å². The van der Waals surface area contributed by atoms with Crippen LogP contribution in [-0.4, -0.2) is 19.3 Å². The SMILES string of the molecule is CC1C=C(F)[C@@](C)(C(F)(F)Oc2cc(F)c(CCC3COC(c4ccc(-c5cc(F)c(F)c(F)c5)c(F)c4)OC3)c(F)c2)CC1. The first-order chi connectivity index (χ1) is 21.2. The van der Waals surface area contributed by atoms with E-state index >= 15 is 0 Å². The summed E-state index contributed by atoms with van der Waals surface area (Å²) < 4.78 is 145. The largest absolute Gasteiger partial charge is 0.432 e. The van der Waals surface area contributed by atoms with Crippen molar-refractivity contribution in [2.24, 2.45) is 17.3 Å². The van der Waals surface area contributed by atoms with E-state index in [0.717, 1.165) is 19.1 Å². The lowest BCUT2D eigenvalue weighted by atomic mass is 9.75. The second-order valence-corrected chi connectivity index (χ2v) is 11.7. The number of halogens is 9. The van der Waals surface area contributed by atoms with E-state index in [9.17, 15) is 39.5 Å². The van der Waals surface area contributed by atoms with Crippen molar-refractivity contribution in [1.82, 2.24) is 0 Å². The summed E-state index contributed by atoms with van der Waals surface area (Å²) in [6.07, 6.45) is -3.81. The molecule has 1 heterocycles. The number of alkyl halides is 2. The van der Waals surface area contributed by atoms with E-state index < -0.39 is 64.3 Å². The third-order valence-electron chi connectivity index (χ3n) is 8.39. The Balaban J connectivity index is 1.18. The summed E-state index contributed by atoms with van der Waals surface area (Å²) in [5.74, 6) is -10.0. The van der Waals surface area contributed by atoms with Crippen molar-refractivity contribution in [1.29, 1.82) is 0 Å². The van der Waals surface area contributed by atoms with Crippen LogP contribution in [0.5, 0.6) is 5.75 Å². The van der Waals surface area contributed by atoms with Gasteiger partial charge in [-0.2, -0.15) is 8.78 Å². The summed E-state index contributed by atoms with van der Waals surface area (Å²) in [5, 5.41) is 0. The average Bonchev–Trinajstić information content (AvgIpc) is 2.97. The van der Waals surface area contributed by atoms with Gasteiger partial charge >= 0.3 is 6.11 Å². The number of allylic oxidation sites excluding steroid dienone is 1. The fourth-order valence-corrected chi connectivity index (χ4v) is 5.45. The van der Waals surface area contributed by atoms with Gasteiger partial charge in [0.05, 0.1) is 13.2 Å². The predicted octanol–water partition coefficient (Wildman–Crippen LogP) is 9.74. The molecule has 3 nitrogen and oxygen atoms in total. The molecule has 1 saturated heterocycles. The molecule has 1 aliphatic heterocycles. The topological polar surface area (TPSA) is 27.7 Å². The Kier molecular flexibility index (Phi) is 9.28. The molecule has 1 unspecified atom stereocenters. The maximum Gasteiger partial charge on any atom is 0.409 e. The van der Waals surface area contributed by atoms with Gasteiger partial charge in [-0.15, -0.1) is 0 Å². The number of hydrogen-bond acceptors (Lipinski definition) is 3. The van der Waals surface area contributed by atoms with Gasteiger partial charge in [-0.05, 0) is 68.4 Å². The minimum atomic E-state index is -4.07. The smallest absolute Gasteiger partial charge is 0.409 e. The standard InChI is InChI=1S/C33H29F9O3/c1-17-7-8-32(2,29(39)9-17)33(41,42)45-21-13-25(35)23(26(36)14-21)5-3-18-15-43-31(44-16-18)19-4-6-22(24(34)10-19)20-11-27(37)30(40)28(38)12-20/h4,6,9-14,17-18,31H,3,5,7-8,15-16H2,1-2H3/t17?,18?,31?,32-/m0/s1. The summed E-state index contributed by atoms with van der Waals surface area (Å²) in [6.45, 7) is 2.86. The fraction of sp³-hybridized carbons (Fsp3) is 0.394. The third kappa shape index (κ3) is 6.72. The Morgan fingerprint density at radius 1 is 0.844 bits per heavy atom. The Labute approximate surface area is 253 Å². The number of rotatable bonds is 8. The van der Waals surface area contributed by atoms with Crippen LogP contribution in [0.25, 0.3) is 11.1 Å². The molecule has 0 N–H and O–H groups in total. The quantitative estimate of drug-likeness (QED) is 0.181. The van der Waals surface area contributed by atoms with Crippen molar-refractivity contribution in [3.63, 3.8) is 0 Å². The van der Waals surface area contributed by atoms with Crippen molar-refractivity contribution in [3.05, 3.63) is 100 Å². The van der Waals surface area contributed by atoms with Crippen LogP contribution in [0.2, 0.25) is 0 Å². The molecule has 5 rings (SSSR count). The normalized spacial score (nSPS) is 24.0. The van der Waals surface area contributed by atoms with E-state index in [4.69, 9.17) is 9.47 Å². The van der Waals surface area contributed by atoms with Gasteiger partial charge in [0.2, 0.25) is 0 Å². The van der Waals surface area contributed by atoms with Crippen molar-refractivity contribution >= 4 is 0 Å². The van der Waals surface area contributed by atoms with Gasteiger partial charge in [-0.25, -0.2) is 30.7 Å². The number of benzene rings is 3. The van der Waals surface area contributed by atoms with Gasteiger partial charge < -0.3 is 14.2 Å². The van der Waals surface area contributed by atoms with Gasteiger partial charge in [0.25, 0.3) is 0 Å². The van der Waals surface area contributed by atoms with Crippen LogP contribution < -0.4 is 4.74 Å². The van der Waals surface area contributed by atoms with Crippen molar-refractivity contribution in [2.45, 2.75) is 51.9 Å². The van der Waals surface area contributed by atoms with Gasteiger partial charge in [-0.3, -0.25) is 0 Å². The molecule has 0 amide bonds. The van der Waals surface area contributed by atoms with Crippen molar-refractivity contribution in [2.75, 3.05) is 13.2 Å². The minimum absolute atomic E-state index is 0.0787. The fourth-order valence-electron chi connectivity index (χ4n) is 5.45. The lowest BCUT2D eigenvalue weighted by Gasteiger charge is -2.38. The van der Waals surface area contributed by atoms with E-state index in [1.807, 2.05) is 0 Å². The highest BCUT2D eigenvalue weighted by Gasteiger charge is 2.57. The molecule has 0 spiro atoms. The first-order valence-electron chi connectivity index (χ1n) is 14.3. The molecule has 0 bridgehead atoms. The molecule has 3 aromatic carbocycles. The van der Waals surface area contributed by atoms with Crippen molar-refractivity contribution in [3.8, 4) is 16.9 Å². The lowest BCUT2D eigenvalue weighted by Crippen LogP contribution is -2.46. The van der Waals surface area contributed by atoms with E-state index in [1.165, 1.54) is 12.1 Å². The molecule has 45 heavy (non-hydrogen) atoms. The molecule has 3 aromatic rings. The Morgan fingerprint density at radius 3 is 2.04 bits per heavy atom. The van der Waals surface area contributed by atoms with Gasteiger partial charge in [0.15, 0.2) is 23.7 Å². The molecule has 2 atom stereocenters. The molecule has 0 aromatic heterocycles. The summed E-state index contributed by atoms with van der Waals surface area (Å²) in [4.78, 5) is 0. The number of hydrogen-bond donors (Lipinski definition) is 0. The summed E-state index contributed by atoms with van der Waals surface area (Å²) in [6, 6.07) is 6.34. The summed E-state index contributed by atoms with van der Waals surface area (Å²) in [5.41, 5.74) is -2.75. The van der Waals surface area contributed by atoms with Gasteiger partial charge in [0, 0.05) is 34.7 Å². The lowest BCUT2D eigenvalue weighted by molar-refractivity contribution is -0.250. The molecule has 0 radical (unpaired) electrons. The Hall–Kier alpha value is -3.51. The molecule has 12 heteroatoms. The average molecular weight is 645 g/mol. The summed E-state index contributed by atoms with van der Waals surface area (Å²) in [7, 11) is 0. The van der Waals surface area contributed by atoms with Crippen LogP contribution in [0.1, 0.15) is 50.5 Å². The maximum absolute atomic E-state index is 15.0. The molecular weight excluding hydrogens is 615 g/mol. The molecule has 0 saturated carbocycles. The first kappa shape index (κ1) is 32.9. The Morgan fingerprint density at radius 2 is 1.47 bits per heavy atom. The predicted molar refractivity (Wildman–Crippen MR) is 146 cm³/mol. The summed E-state index contributed by atoms with van der Waals surface area (Å²) >= 11 is 0. The van der Waals surface area contributed by atoms with E-state index in [0.29, 0.717) is 30.7 Å². The third-order valence-corrected chi connectivity index (χ3v) is 8.39. The Bertz CT molecular complexity index is 1550. The van der Waals surface area contributed by atoms with E-state index in [-0.39, 0.29) is 66.6 Å². The van der Waals surface area contributed by atoms with Gasteiger partial charge in [-0.1, -0.05) is 19.1 Å². The minimum Gasteiger partial charge on any atom is -0.432 e. The zero-order valence-electron chi connectivity index (χ0n) is 24.2. The molecular formula is C33H29F9O3. The van der Waals surface area contributed by atoms with E-state index in [2.05, 4.69) is 4.74 Å². The zero-order chi connectivity index (χ0) is 32.7. The number of ether oxygens (including phenoxy) is 3. The first-order valence-corrected chi connectivity index (χ1v) is 14.3. The monoisotopic (exact) mass is 644 g/mol. The van der Waals surface area contributed by atoms with Crippen LogP contribution in [-0.2, 0) is 15.9 Å². The van der Waals surface area contributed by atoms with Crippen LogP contribution >= 0.6 is 0 Å². The van der Waals surface area contributed by atoms with Gasteiger partial charge in [0.1, 0.15) is 34.4 Å². The molecule has 1 aliphatic carbocycles. The van der Waals surface area contributed by atoms with E-state index in [1.54, 1.807) is 6.92 Å². The highest BCUT2D eigenvalue weighted by atomic mass is 19.3. The highest BCUT2D eigenvalue weighted by molar-refractivity contribution is 5.64. The van der Waals surface area contributed by atoms with Crippen LogP contribution in [0.15, 0.2) is 54.4 Å². The highest BCUT2D eigenvalue weighted by Crippen LogP contribution is 2.51. The zero-order valence-corrected chi connectivity index (χ0v) is 24.2. The molecule has 2 aliphatic rings. The van der Waals surface area contributed by atoms with Crippen molar-refractivity contribution < 1.29 is 53.7 Å². The second kappa shape index (κ2) is 12.7. The molecule has 1 fully saturated rings. The second-order valence-electron chi connectivity index (χ2n) is 11.7. The molecule has 242 valence electrons. The maximum atomic E-state index is 15.0. The van der Waals surface area contributed by atoms with Crippen LogP contribution in [0.3, 0.4) is 0 Å². The van der Waals surface area contributed by atoms with Crippen LogP contribution in [0, 0.1) is 52.2 Å².